The highest BCUT2D eigenvalue weighted by Crippen LogP contribution is 2.26. The lowest BCUT2D eigenvalue weighted by Crippen LogP contribution is -2.09. The second-order valence-corrected chi connectivity index (χ2v) is 5.27. The summed E-state index contributed by atoms with van der Waals surface area (Å²) in [5.74, 6) is 0. The van der Waals surface area contributed by atoms with Gasteiger partial charge in [-0.1, -0.05) is 30.7 Å². The Morgan fingerprint density at radius 3 is 2.95 bits per heavy atom. The molecule has 3 nitrogen and oxygen atoms in total. The van der Waals surface area contributed by atoms with Crippen LogP contribution in [-0.4, -0.2) is 10.2 Å². The smallest absolute Gasteiger partial charge is 0.0670 e. The highest BCUT2D eigenvalue weighted by Gasteiger charge is 2.10. The molecular formula is C16H16ClN3. The standard InChI is InChI=1S/C16H16ClN3/c1-2-15(11-4-3-5-13(17)8-11)19-14-7-6-12-10-18-20-16(12)9-14/h3-10,15,19H,2H2,1H3,(H,18,20). The van der Waals surface area contributed by atoms with Crippen LogP contribution in [0.5, 0.6) is 0 Å². The van der Waals surface area contributed by atoms with Gasteiger partial charge in [0.2, 0.25) is 0 Å². The molecule has 0 radical (unpaired) electrons. The zero-order chi connectivity index (χ0) is 13.9. The Morgan fingerprint density at radius 2 is 2.15 bits per heavy atom. The van der Waals surface area contributed by atoms with Crippen molar-refractivity contribution >= 4 is 28.2 Å². The number of benzene rings is 2. The lowest BCUT2D eigenvalue weighted by molar-refractivity contribution is 0.749. The number of aromatic nitrogens is 2. The van der Waals surface area contributed by atoms with Gasteiger partial charge in [0.15, 0.2) is 0 Å². The van der Waals surface area contributed by atoms with Crippen LogP contribution < -0.4 is 5.32 Å². The first-order valence-corrected chi connectivity index (χ1v) is 7.09. The summed E-state index contributed by atoms with van der Waals surface area (Å²) in [6.45, 7) is 2.16. The zero-order valence-corrected chi connectivity index (χ0v) is 12.0. The van der Waals surface area contributed by atoms with Crippen LogP contribution in [-0.2, 0) is 0 Å². The van der Waals surface area contributed by atoms with Crippen LogP contribution in [0.15, 0.2) is 48.7 Å². The maximum absolute atomic E-state index is 6.07. The van der Waals surface area contributed by atoms with Gasteiger partial charge in [0, 0.05) is 16.1 Å². The summed E-state index contributed by atoms with van der Waals surface area (Å²) in [4.78, 5) is 0. The second kappa shape index (κ2) is 5.55. The number of nitrogens with one attached hydrogen (secondary N) is 2. The van der Waals surface area contributed by atoms with E-state index in [1.807, 2.05) is 24.4 Å². The number of rotatable bonds is 4. The van der Waals surface area contributed by atoms with E-state index in [1.165, 1.54) is 5.56 Å². The molecule has 0 aliphatic heterocycles. The molecule has 1 heterocycles. The summed E-state index contributed by atoms with van der Waals surface area (Å²) in [7, 11) is 0. The van der Waals surface area contributed by atoms with Crippen LogP contribution in [0.2, 0.25) is 5.02 Å². The van der Waals surface area contributed by atoms with E-state index in [0.29, 0.717) is 0 Å². The van der Waals surface area contributed by atoms with E-state index in [1.54, 1.807) is 0 Å². The van der Waals surface area contributed by atoms with E-state index in [0.717, 1.165) is 28.0 Å². The van der Waals surface area contributed by atoms with Crippen molar-refractivity contribution in [1.29, 1.82) is 0 Å². The summed E-state index contributed by atoms with van der Waals surface area (Å²) in [6, 6.07) is 14.5. The van der Waals surface area contributed by atoms with Crippen LogP contribution in [0.3, 0.4) is 0 Å². The van der Waals surface area contributed by atoms with Crippen molar-refractivity contribution in [2.45, 2.75) is 19.4 Å². The minimum atomic E-state index is 0.245. The zero-order valence-electron chi connectivity index (χ0n) is 11.2. The van der Waals surface area contributed by atoms with Crippen molar-refractivity contribution in [2.24, 2.45) is 0 Å². The van der Waals surface area contributed by atoms with Crippen molar-refractivity contribution in [3.63, 3.8) is 0 Å². The van der Waals surface area contributed by atoms with Gasteiger partial charge in [-0.15, -0.1) is 0 Å². The highest BCUT2D eigenvalue weighted by atomic mass is 35.5. The normalized spacial score (nSPS) is 12.5. The van der Waals surface area contributed by atoms with Crippen LogP contribution in [0.1, 0.15) is 24.9 Å². The molecule has 102 valence electrons. The molecule has 4 heteroatoms. The van der Waals surface area contributed by atoms with Crippen molar-refractivity contribution in [3.05, 3.63) is 59.2 Å². The van der Waals surface area contributed by atoms with Gasteiger partial charge in [0.1, 0.15) is 0 Å². The number of fused-ring (bicyclic) bond motifs is 1. The molecule has 1 unspecified atom stereocenters. The molecule has 0 spiro atoms. The fourth-order valence-electron chi connectivity index (χ4n) is 2.37. The summed E-state index contributed by atoms with van der Waals surface area (Å²) in [5, 5.41) is 12.5. The van der Waals surface area contributed by atoms with Crippen LogP contribution >= 0.6 is 11.6 Å². The first-order chi connectivity index (χ1) is 9.76. The van der Waals surface area contributed by atoms with Crippen molar-refractivity contribution in [1.82, 2.24) is 10.2 Å². The number of nitrogens with zero attached hydrogens (tertiary/aromatic N) is 1. The monoisotopic (exact) mass is 285 g/mol. The topological polar surface area (TPSA) is 40.7 Å². The van der Waals surface area contributed by atoms with Gasteiger partial charge in [0.25, 0.3) is 0 Å². The van der Waals surface area contributed by atoms with Gasteiger partial charge < -0.3 is 5.32 Å². The van der Waals surface area contributed by atoms with E-state index >= 15 is 0 Å². The average Bonchev–Trinajstić information content (AvgIpc) is 2.92. The molecule has 1 atom stereocenters. The minimum Gasteiger partial charge on any atom is -0.378 e. The van der Waals surface area contributed by atoms with E-state index in [4.69, 9.17) is 11.6 Å². The molecular weight excluding hydrogens is 270 g/mol. The maximum atomic E-state index is 6.07. The van der Waals surface area contributed by atoms with E-state index < -0.39 is 0 Å². The summed E-state index contributed by atoms with van der Waals surface area (Å²) in [6.07, 6.45) is 2.81. The molecule has 0 saturated heterocycles. The van der Waals surface area contributed by atoms with E-state index in [2.05, 4.69) is 46.7 Å². The molecule has 1 aromatic heterocycles. The Labute approximate surface area is 123 Å². The van der Waals surface area contributed by atoms with Gasteiger partial charge in [-0.05, 0) is 42.3 Å². The predicted molar refractivity (Wildman–Crippen MR) is 84.2 cm³/mol. The Bertz CT molecular complexity index is 720. The number of hydrogen-bond donors (Lipinski definition) is 2. The number of halogens is 1. The van der Waals surface area contributed by atoms with Gasteiger partial charge in [-0.3, -0.25) is 5.10 Å². The number of hydrogen-bond acceptors (Lipinski definition) is 2. The van der Waals surface area contributed by atoms with Crippen molar-refractivity contribution < 1.29 is 0 Å². The summed E-state index contributed by atoms with van der Waals surface area (Å²) < 4.78 is 0. The van der Waals surface area contributed by atoms with Crippen LogP contribution in [0.25, 0.3) is 10.9 Å². The quantitative estimate of drug-likeness (QED) is 0.724. The van der Waals surface area contributed by atoms with Gasteiger partial charge in [-0.25, -0.2) is 0 Å². The first kappa shape index (κ1) is 13.0. The molecule has 3 rings (SSSR count). The molecule has 20 heavy (non-hydrogen) atoms. The molecule has 0 saturated carbocycles. The Morgan fingerprint density at radius 1 is 1.25 bits per heavy atom. The molecule has 0 aliphatic rings. The van der Waals surface area contributed by atoms with Gasteiger partial charge >= 0.3 is 0 Å². The molecule has 0 fully saturated rings. The summed E-state index contributed by atoms with van der Waals surface area (Å²) >= 11 is 6.07. The minimum absolute atomic E-state index is 0.245. The van der Waals surface area contributed by atoms with Gasteiger partial charge in [0.05, 0.1) is 17.8 Å². The Balaban J connectivity index is 1.87. The van der Waals surface area contributed by atoms with Crippen molar-refractivity contribution in [3.8, 4) is 0 Å². The second-order valence-electron chi connectivity index (χ2n) is 4.83. The predicted octanol–water partition coefficient (Wildman–Crippen LogP) is 4.78. The molecule has 0 amide bonds. The Kier molecular flexibility index (Phi) is 3.61. The molecule has 0 aliphatic carbocycles. The third-order valence-corrected chi connectivity index (χ3v) is 3.68. The fraction of sp³-hybridized carbons (Fsp3) is 0.188. The number of anilines is 1. The lowest BCUT2D eigenvalue weighted by Gasteiger charge is -2.19. The average molecular weight is 286 g/mol. The highest BCUT2D eigenvalue weighted by molar-refractivity contribution is 6.30. The largest absolute Gasteiger partial charge is 0.378 e. The molecule has 2 aromatic carbocycles. The Hall–Kier alpha value is -2.00. The maximum Gasteiger partial charge on any atom is 0.0670 e. The van der Waals surface area contributed by atoms with E-state index in [-0.39, 0.29) is 6.04 Å². The van der Waals surface area contributed by atoms with Crippen LogP contribution in [0.4, 0.5) is 5.69 Å². The van der Waals surface area contributed by atoms with E-state index in [9.17, 15) is 0 Å². The summed E-state index contributed by atoms with van der Waals surface area (Å²) in [5.41, 5.74) is 3.31. The molecule has 2 N–H and O–H groups in total. The SMILES string of the molecule is CCC(Nc1ccc2cn[nH]c2c1)c1cccc(Cl)c1. The van der Waals surface area contributed by atoms with Crippen LogP contribution in [0, 0.1) is 0 Å². The van der Waals surface area contributed by atoms with Crippen molar-refractivity contribution in [2.75, 3.05) is 5.32 Å². The first-order valence-electron chi connectivity index (χ1n) is 6.71. The molecule has 3 aromatic rings. The number of aromatic amines is 1. The van der Waals surface area contributed by atoms with Gasteiger partial charge in [-0.2, -0.15) is 5.10 Å². The third-order valence-electron chi connectivity index (χ3n) is 3.44. The molecule has 0 bridgehead atoms. The number of H-pyrrole nitrogens is 1. The third kappa shape index (κ3) is 2.63. The fourth-order valence-corrected chi connectivity index (χ4v) is 2.57. The lowest BCUT2D eigenvalue weighted by atomic mass is 10.0.